The van der Waals surface area contributed by atoms with Crippen LogP contribution in [0.3, 0.4) is 0 Å². The number of primary amides is 1. The molecule has 0 aliphatic heterocycles. The Labute approximate surface area is 167 Å². The van der Waals surface area contributed by atoms with E-state index in [4.69, 9.17) is 10.5 Å². The quantitative estimate of drug-likeness (QED) is 0.458. The van der Waals surface area contributed by atoms with Gasteiger partial charge in [0, 0.05) is 0 Å². The van der Waals surface area contributed by atoms with E-state index in [0.29, 0.717) is 6.42 Å². The Morgan fingerprint density at radius 1 is 0.893 bits per heavy atom. The molecule has 0 unspecified atom stereocenters. The van der Waals surface area contributed by atoms with Crippen molar-refractivity contribution in [1.29, 1.82) is 0 Å². The number of ether oxygens (including phenoxy) is 1. The van der Waals surface area contributed by atoms with Crippen LogP contribution in [-0.4, -0.2) is 47.5 Å². The van der Waals surface area contributed by atoms with E-state index < -0.39 is 47.5 Å². The van der Waals surface area contributed by atoms with Gasteiger partial charge < -0.3 is 26.4 Å². The third-order valence-electron chi connectivity index (χ3n) is 4.20. The summed E-state index contributed by atoms with van der Waals surface area (Å²) in [6.45, 7) is 13.9. The van der Waals surface area contributed by atoms with Gasteiger partial charge in [-0.2, -0.15) is 0 Å². The Morgan fingerprint density at radius 2 is 1.39 bits per heavy atom. The Balaban J connectivity index is 5.30. The van der Waals surface area contributed by atoms with Crippen molar-refractivity contribution in [2.45, 2.75) is 85.5 Å². The molecule has 0 aromatic rings. The Kier molecular flexibility index (Phi) is 9.97. The minimum Gasteiger partial charge on any atom is -0.444 e. The number of hydrogen-bond acceptors (Lipinski definition) is 5. The van der Waals surface area contributed by atoms with Crippen LogP contribution in [0, 0.1) is 11.8 Å². The summed E-state index contributed by atoms with van der Waals surface area (Å²) in [7, 11) is 0. The first-order valence-electron chi connectivity index (χ1n) is 9.59. The number of amides is 4. The largest absolute Gasteiger partial charge is 0.444 e. The third kappa shape index (κ3) is 9.05. The highest BCUT2D eigenvalue weighted by Gasteiger charge is 2.33. The van der Waals surface area contributed by atoms with E-state index in [0.717, 1.165) is 0 Å². The first-order chi connectivity index (χ1) is 12.7. The van der Waals surface area contributed by atoms with Crippen molar-refractivity contribution < 1.29 is 23.9 Å². The predicted molar refractivity (Wildman–Crippen MR) is 106 cm³/mol. The van der Waals surface area contributed by atoms with Gasteiger partial charge in [-0.25, -0.2) is 4.79 Å². The first kappa shape index (κ1) is 25.7. The van der Waals surface area contributed by atoms with Crippen LogP contribution in [0.2, 0.25) is 0 Å². The third-order valence-corrected chi connectivity index (χ3v) is 4.20. The van der Waals surface area contributed by atoms with E-state index in [9.17, 15) is 19.2 Å². The lowest BCUT2D eigenvalue weighted by atomic mass is 9.96. The number of carbonyl (C=O) groups is 4. The van der Waals surface area contributed by atoms with Gasteiger partial charge in [0.15, 0.2) is 0 Å². The molecule has 0 aliphatic carbocycles. The van der Waals surface area contributed by atoms with E-state index in [1.807, 2.05) is 13.8 Å². The van der Waals surface area contributed by atoms with Crippen molar-refractivity contribution in [2.24, 2.45) is 17.6 Å². The number of nitrogens with two attached hydrogens (primary N) is 1. The molecule has 0 bridgehead atoms. The summed E-state index contributed by atoms with van der Waals surface area (Å²) < 4.78 is 5.23. The second-order valence-electron chi connectivity index (χ2n) is 8.37. The molecule has 0 fully saturated rings. The summed E-state index contributed by atoms with van der Waals surface area (Å²) in [4.78, 5) is 48.6. The summed E-state index contributed by atoms with van der Waals surface area (Å²) >= 11 is 0. The fourth-order valence-electron chi connectivity index (χ4n) is 2.29. The number of nitrogens with one attached hydrogen (secondary N) is 3. The number of rotatable bonds is 9. The highest BCUT2D eigenvalue weighted by Crippen LogP contribution is 2.12. The average molecular weight is 401 g/mol. The van der Waals surface area contributed by atoms with Crippen molar-refractivity contribution in [3.63, 3.8) is 0 Å². The predicted octanol–water partition coefficient (Wildman–Crippen LogP) is 1.06. The van der Waals surface area contributed by atoms with Crippen LogP contribution in [0.1, 0.15) is 61.8 Å². The molecule has 0 heterocycles. The van der Waals surface area contributed by atoms with Gasteiger partial charge in [0.1, 0.15) is 23.7 Å². The summed E-state index contributed by atoms with van der Waals surface area (Å²) in [5.41, 5.74) is 4.47. The van der Waals surface area contributed by atoms with Gasteiger partial charge in [-0.3, -0.25) is 14.4 Å². The molecule has 0 rings (SSSR count). The lowest BCUT2D eigenvalue weighted by Gasteiger charge is -2.29. The Hall–Kier alpha value is -2.32. The lowest BCUT2D eigenvalue weighted by molar-refractivity contribution is -0.133. The minimum atomic E-state index is -0.888. The zero-order valence-electron chi connectivity index (χ0n) is 18.2. The second-order valence-corrected chi connectivity index (χ2v) is 8.37. The van der Waals surface area contributed by atoms with Crippen molar-refractivity contribution >= 4 is 23.8 Å². The van der Waals surface area contributed by atoms with E-state index in [-0.39, 0.29) is 11.8 Å². The van der Waals surface area contributed by atoms with Gasteiger partial charge >= 0.3 is 6.09 Å². The maximum absolute atomic E-state index is 12.8. The van der Waals surface area contributed by atoms with Crippen LogP contribution < -0.4 is 21.7 Å². The van der Waals surface area contributed by atoms with E-state index in [1.54, 1.807) is 34.6 Å². The van der Waals surface area contributed by atoms with Crippen LogP contribution in [-0.2, 0) is 19.1 Å². The fourth-order valence-corrected chi connectivity index (χ4v) is 2.29. The van der Waals surface area contributed by atoms with Gasteiger partial charge in [0.05, 0.1) is 0 Å². The second kappa shape index (κ2) is 10.9. The molecule has 0 saturated carbocycles. The van der Waals surface area contributed by atoms with Crippen molar-refractivity contribution in [3.05, 3.63) is 0 Å². The maximum atomic E-state index is 12.8. The molecule has 5 N–H and O–H groups in total. The molecule has 0 spiro atoms. The molecule has 0 aromatic carbocycles. The van der Waals surface area contributed by atoms with Crippen molar-refractivity contribution in [3.8, 4) is 0 Å². The van der Waals surface area contributed by atoms with Crippen LogP contribution in [0.25, 0.3) is 0 Å². The molecule has 0 aliphatic rings. The molecule has 9 nitrogen and oxygen atoms in total. The average Bonchev–Trinajstić information content (AvgIpc) is 2.54. The van der Waals surface area contributed by atoms with E-state index in [2.05, 4.69) is 16.0 Å². The van der Waals surface area contributed by atoms with Gasteiger partial charge in [0.25, 0.3) is 0 Å². The van der Waals surface area contributed by atoms with Gasteiger partial charge in [0.2, 0.25) is 17.7 Å². The number of hydrogen-bond donors (Lipinski definition) is 4. The summed E-state index contributed by atoms with van der Waals surface area (Å²) in [6, 6.07) is -2.63. The highest BCUT2D eigenvalue weighted by molar-refractivity contribution is 5.93. The smallest absolute Gasteiger partial charge is 0.408 e. The molecule has 4 amide bonds. The monoisotopic (exact) mass is 400 g/mol. The van der Waals surface area contributed by atoms with Gasteiger partial charge in [-0.05, 0) is 39.5 Å². The molecular weight excluding hydrogens is 364 g/mol. The molecule has 0 aromatic heterocycles. The van der Waals surface area contributed by atoms with Crippen molar-refractivity contribution in [1.82, 2.24) is 16.0 Å². The zero-order valence-corrected chi connectivity index (χ0v) is 18.2. The lowest BCUT2D eigenvalue weighted by Crippen LogP contribution is -2.58. The Morgan fingerprint density at radius 3 is 1.79 bits per heavy atom. The summed E-state index contributed by atoms with van der Waals surface area (Å²) in [5, 5.41) is 7.74. The first-order valence-corrected chi connectivity index (χ1v) is 9.59. The topological polar surface area (TPSA) is 140 Å². The zero-order chi connectivity index (χ0) is 22.2. The standard InChI is InChI=1S/C19H36N4O5/c1-9-11(4)14(23-18(27)28-19(6,7)8)17(26)22-13(10(2)3)16(25)21-12(5)15(20)24/h10-14H,9H2,1-8H3,(H2,20,24)(H,21,25)(H,22,26)(H,23,27)/t11-,12+,13+,14+/m1/s1. The molecule has 0 saturated heterocycles. The molecule has 28 heavy (non-hydrogen) atoms. The maximum Gasteiger partial charge on any atom is 0.408 e. The molecule has 9 heteroatoms. The van der Waals surface area contributed by atoms with Crippen LogP contribution in [0.15, 0.2) is 0 Å². The summed E-state index contributed by atoms with van der Waals surface area (Å²) in [6.07, 6.45) is -0.0775. The van der Waals surface area contributed by atoms with Crippen LogP contribution in [0.4, 0.5) is 4.79 Å². The van der Waals surface area contributed by atoms with Crippen LogP contribution >= 0.6 is 0 Å². The number of alkyl carbamates (subject to hydrolysis) is 1. The molecule has 0 radical (unpaired) electrons. The molecule has 162 valence electrons. The van der Waals surface area contributed by atoms with Gasteiger partial charge in [-0.15, -0.1) is 0 Å². The summed E-state index contributed by atoms with van der Waals surface area (Å²) in [5.74, 6) is -2.13. The van der Waals surface area contributed by atoms with Gasteiger partial charge in [-0.1, -0.05) is 34.1 Å². The number of carbonyl (C=O) groups excluding carboxylic acids is 4. The van der Waals surface area contributed by atoms with E-state index in [1.165, 1.54) is 6.92 Å². The molecular formula is C19H36N4O5. The SMILES string of the molecule is CC[C@@H](C)[C@H](NC(=O)OC(C)(C)C)C(=O)N[C@H](C(=O)N[C@@H](C)C(N)=O)C(C)C. The van der Waals surface area contributed by atoms with E-state index >= 15 is 0 Å². The Bertz CT molecular complexity index is 571. The van der Waals surface area contributed by atoms with Crippen molar-refractivity contribution in [2.75, 3.05) is 0 Å². The van der Waals surface area contributed by atoms with Crippen LogP contribution in [0.5, 0.6) is 0 Å². The fraction of sp³-hybridized carbons (Fsp3) is 0.789. The molecule has 4 atom stereocenters. The minimum absolute atomic E-state index is 0.187. The highest BCUT2D eigenvalue weighted by atomic mass is 16.6. The normalized spacial score (nSPS) is 15.8.